The molecule has 130 valence electrons. The number of hydrogen-bond donors (Lipinski definition) is 1. The molecule has 0 fully saturated rings. The normalized spacial score (nSPS) is 10.8. The first-order chi connectivity index (χ1) is 11.7. The zero-order chi connectivity index (χ0) is 18.6. The molecule has 2 rings (SSSR count). The molecule has 0 saturated heterocycles. The summed E-state index contributed by atoms with van der Waals surface area (Å²) in [6, 6.07) is 10.5. The summed E-state index contributed by atoms with van der Waals surface area (Å²) in [4.78, 5) is 24.0. The summed E-state index contributed by atoms with van der Waals surface area (Å²) in [5.74, 6) is -0.120. The number of aromatic nitrogens is 1. The number of esters is 1. The second-order valence-corrected chi connectivity index (χ2v) is 6.67. The number of rotatable bonds is 4. The van der Waals surface area contributed by atoms with Crippen LogP contribution in [0, 0.1) is 11.3 Å². The Morgan fingerprint density at radius 3 is 2.60 bits per heavy atom. The predicted octanol–water partition coefficient (Wildman–Crippen LogP) is 3.08. The largest absolute Gasteiger partial charge is 0.469 e. The van der Waals surface area contributed by atoms with Crippen molar-refractivity contribution in [1.29, 1.82) is 5.26 Å². The van der Waals surface area contributed by atoms with Crippen LogP contribution in [-0.2, 0) is 21.5 Å². The molecular weight excluding hydrogens is 318 g/mol. The lowest BCUT2D eigenvalue weighted by Gasteiger charge is -2.24. The van der Waals surface area contributed by atoms with E-state index in [4.69, 9.17) is 5.26 Å². The molecule has 0 aliphatic rings. The third-order valence-corrected chi connectivity index (χ3v) is 3.68. The van der Waals surface area contributed by atoms with Gasteiger partial charge in [-0.15, -0.1) is 0 Å². The van der Waals surface area contributed by atoms with Gasteiger partial charge in [-0.2, -0.15) is 5.26 Å². The van der Waals surface area contributed by atoms with Gasteiger partial charge >= 0.3 is 5.97 Å². The minimum atomic E-state index is -0.363. The van der Waals surface area contributed by atoms with E-state index in [-0.39, 0.29) is 23.8 Å². The summed E-state index contributed by atoms with van der Waals surface area (Å²) in [6.07, 6.45) is 1.82. The summed E-state index contributed by atoms with van der Waals surface area (Å²) in [6.45, 7) is 5.96. The minimum absolute atomic E-state index is 0.106. The standard InChI is InChI=1S/C19H21N3O3/c1-19(2,3)22-12-14(11-20)9-16(22)21-18(24)15-7-5-6-13(8-15)10-17(23)25-4/h5-9,12H,10H2,1-4H3,(H,21,24). The van der Waals surface area contributed by atoms with Crippen molar-refractivity contribution in [2.24, 2.45) is 0 Å². The molecule has 0 radical (unpaired) electrons. The molecular formula is C19H21N3O3. The SMILES string of the molecule is COC(=O)Cc1cccc(C(=O)Nc2cc(C#N)cn2C(C)(C)C)c1. The smallest absolute Gasteiger partial charge is 0.309 e. The van der Waals surface area contributed by atoms with E-state index in [1.54, 1.807) is 36.5 Å². The van der Waals surface area contributed by atoms with Crippen molar-refractivity contribution in [3.63, 3.8) is 0 Å². The highest BCUT2D eigenvalue weighted by atomic mass is 16.5. The van der Waals surface area contributed by atoms with Crippen LogP contribution in [0.2, 0.25) is 0 Å². The third kappa shape index (κ3) is 4.48. The van der Waals surface area contributed by atoms with E-state index in [0.29, 0.717) is 22.5 Å². The van der Waals surface area contributed by atoms with E-state index in [9.17, 15) is 9.59 Å². The first-order valence-corrected chi connectivity index (χ1v) is 7.84. The van der Waals surface area contributed by atoms with Crippen molar-refractivity contribution in [3.05, 3.63) is 53.2 Å². The second-order valence-electron chi connectivity index (χ2n) is 6.67. The van der Waals surface area contributed by atoms with Gasteiger partial charge in [-0.3, -0.25) is 9.59 Å². The van der Waals surface area contributed by atoms with Gasteiger partial charge in [0.05, 0.1) is 19.1 Å². The number of carbonyl (C=O) groups excluding carboxylic acids is 2. The molecule has 6 heteroatoms. The molecule has 0 aliphatic carbocycles. The van der Waals surface area contributed by atoms with Crippen molar-refractivity contribution in [3.8, 4) is 6.07 Å². The molecule has 0 unspecified atom stereocenters. The van der Waals surface area contributed by atoms with E-state index >= 15 is 0 Å². The third-order valence-electron chi connectivity index (χ3n) is 3.68. The highest BCUT2D eigenvalue weighted by Gasteiger charge is 2.20. The Hall–Kier alpha value is -3.07. The zero-order valence-corrected chi connectivity index (χ0v) is 14.8. The average molecular weight is 339 g/mol. The Kier molecular flexibility index (Phi) is 5.28. The molecule has 1 aromatic carbocycles. The molecule has 1 aromatic heterocycles. The maximum atomic E-state index is 12.6. The molecule has 0 aliphatic heterocycles. The number of nitrogens with zero attached hydrogens (tertiary/aromatic N) is 2. The number of carbonyl (C=O) groups is 2. The van der Waals surface area contributed by atoms with Crippen LogP contribution in [0.1, 0.15) is 42.3 Å². The van der Waals surface area contributed by atoms with E-state index in [2.05, 4.69) is 16.1 Å². The fraction of sp³-hybridized carbons (Fsp3) is 0.316. The Balaban J connectivity index is 2.26. The van der Waals surface area contributed by atoms with Crippen molar-refractivity contribution in [2.75, 3.05) is 12.4 Å². The van der Waals surface area contributed by atoms with Gasteiger partial charge < -0.3 is 14.6 Å². The van der Waals surface area contributed by atoms with Crippen LogP contribution in [0.5, 0.6) is 0 Å². The lowest BCUT2D eigenvalue weighted by molar-refractivity contribution is -0.139. The van der Waals surface area contributed by atoms with E-state index in [0.717, 1.165) is 0 Å². The maximum absolute atomic E-state index is 12.6. The van der Waals surface area contributed by atoms with Crippen molar-refractivity contribution in [1.82, 2.24) is 4.57 Å². The molecule has 6 nitrogen and oxygen atoms in total. The van der Waals surface area contributed by atoms with Crippen LogP contribution in [0.4, 0.5) is 5.82 Å². The second kappa shape index (κ2) is 7.22. The minimum Gasteiger partial charge on any atom is -0.469 e. The van der Waals surface area contributed by atoms with E-state index in [1.807, 2.05) is 25.3 Å². The number of ether oxygens (including phenoxy) is 1. The molecule has 25 heavy (non-hydrogen) atoms. The molecule has 0 spiro atoms. The van der Waals surface area contributed by atoms with Crippen molar-refractivity contribution < 1.29 is 14.3 Å². The van der Waals surface area contributed by atoms with E-state index in [1.165, 1.54) is 7.11 Å². The number of amides is 1. The van der Waals surface area contributed by atoms with Crippen molar-refractivity contribution >= 4 is 17.7 Å². The number of hydrogen-bond acceptors (Lipinski definition) is 4. The summed E-state index contributed by atoms with van der Waals surface area (Å²) >= 11 is 0. The van der Waals surface area contributed by atoms with Crippen LogP contribution in [0.3, 0.4) is 0 Å². The average Bonchev–Trinajstić information content (AvgIpc) is 2.98. The summed E-state index contributed by atoms with van der Waals surface area (Å²) in [7, 11) is 1.33. The summed E-state index contributed by atoms with van der Waals surface area (Å²) in [5.41, 5.74) is 1.32. The number of anilines is 1. The number of benzene rings is 1. The van der Waals surface area contributed by atoms with Crippen molar-refractivity contribution in [2.45, 2.75) is 32.7 Å². The lowest BCUT2D eigenvalue weighted by atomic mass is 10.1. The van der Waals surface area contributed by atoms with Gasteiger partial charge in [0, 0.05) is 17.3 Å². The van der Waals surface area contributed by atoms with Gasteiger partial charge in [0.25, 0.3) is 5.91 Å². The van der Waals surface area contributed by atoms with Crippen LogP contribution in [-0.4, -0.2) is 23.6 Å². The number of nitriles is 1. The Labute approximate surface area is 147 Å². The molecule has 1 N–H and O–H groups in total. The number of nitrogens with one attached hydrogen (secondary N) is 1. The molecule has 1 heterocycles. The Bertz CT molecular complexity index is 838. The highest BCUT2D eigenvalue weighted by Crippen LogP contribution is 2.24. The molecule has 0 bridgehead atoms. The number of methoxy groups -OCH3 is 1. The monoisotopic (exact) mass is 339 g/mol. The first kappa shape index (κ1) is 18.3. The van der Waals surface area contributed by atoms with Gasteiger partial charge in [0.15, 0.2) is 0 Å². The van der Waals surface area contributed by atoms with Crippen LogP contribution < -0.4 is 5.32 Å². The highest BCUT2D eigenvalue weighted by molar-refractivity contribution is 6.04. The lowest BCUT2D eigenvalue weighted by Crippen LogP contribution is -2.25. The molecule has 2 aromatic rings. The fourth-order valence-electron chi connectivity index (χ4n) is 2.43. The molecule has 0 atom stereocenters. The predicted molar refractivity (Wildman–Crippen MR) is 94.3 cm³/mol. The van der Waals surface area contributed by atoms with Crippen LogP contribution in [0.25, 0.3) is 0 Å². The van der Waals surface area contributed by atoms with Gasteiger partial charge in [0.2, 0.25) is 0 Å². The Morgan fingerprint density at radius 2 is 2.00 bits per heavy atom. The van der Waals surface area contributed by atoms with Crippen LogP contribution >= 0.6 is 0 Å². The van der Waals surface area contributed by atoms with Gasteiger partial charge in [-0.1, -0.05) is 12.1 Å². The zero-order valence-electron chi connectivity index (χ0n) is 14.8. The summed E-state index contributed by atoms with van der Waals surface area (Å²) < 4.78 is 6.49. The first-order valence-electron chi connectivity index (χ1n) is 7.84. The maximum Gasteiger partial charge on any atom is 0.309 e. The van der Waals surface area contributed by atoms with Gasteiger partial charge in [-0.05, 0) is 44.5 Å². The quantitative estimate of drug-likeness (QED) is 0.868. The molecule has 1 amide bonds. The summed E-state index contributed by atoms with van der Waals surface area (Å²) in [5, 5.41) is 12.0. The van der Waals surface area contributed by atoms with Gasteiger partial charge in [-0.25, -0.2) is 0 Å². The van der Waals surface area contributed by atoms with Crippen LogP contribution in [0.15, 0.2) is 36.5 Å². The van der Waals surface area contributed by atoms with E-state index < -0.39 is 0 Å². The molecule has 0 saturated carbocycles. The van der Waals surface area contributed by atoms with Gasteiger partial charge in [0.1, 0.15) is 11.9 Å². The Morgan fingerprint density at radius 1 is 1.28 bits per heavy atom. The fourth-order valence-corrected chi connectivity index (χ4v) is 2.43. The topological polar surface area (TPSA) is 84.1 Å².